The highest BCUT2D eigenvalue weighted by molar-refractivity contribution is 6.30. The van der Waals surface area contributed by atoms with Crippen molar-refractivity contribution in [3.05, 3.63) is 87.3 Å². The molecule has 0 aliphatic rings. The summed E-state index contributed by atoms with van der Waals surface area (Å²) in [5.41, 5.74) is 1.31. The number of hydrogen-bond acceptors (Lipinski definition) is 4. The third-order valence-electron chi connectivity index (χ3n) is 4.29. The maximum Gasteiger partial charge on any atom is 0.255 e. The third-order valence-corrected chi connectivity index (χ3v) is 4.54. The molecule has 0 aliphatic heterocycles. The fourth-order valence-electron chi connectivity index (χ4n) is 2.76. The van der Waals surface area contributed by atoms with Crippen LogP contribution in [-0.2, 0) is 0 Å². The summed E-state index contributed by atoms with van der Waals surface area (Å²) in [5, 5.41) is 10.5. The highest BCUT2D eigenvalue weighted by Crippen LogP contribution is 2.30. The monoisotopic (exact) mass is 425 g/mol. The van der Waals surface area contributed by atoms with Gasteiger partial charge in [0.05, 0.1) is 18.4 Å². The smallest absolute Gasteiger partial charge is 0.255 e. The lowest BCUT2D eigenvalue weighted by atomic mass is 10.1. The number of nitrogens with zero attached hydrogens (tertiary/aromatic N) is 1. The molecule has 30 heavy (non-hydrogen) atoms. The van der Waals surface area contributed by atoms with Crippen LogP contribution in [0.1, 0.15) is 25.0 Å². The molecule has 1 N–H and O–H groups in total. The number of ether oxygens (including phenoxy) is 2. The highest BCUT2D eigenvalue weighted by atomic mass is 35.5. The van der Waals surface area contributed by atoms with Crippen molar-refractivity contribution in [2.45, 2.75) is 19.4 Å². The average molecular weight is 426 g/mol. The Morgan fingerprint density at radius 3 is 2.33 bits per heavy atom. The van der Waals surface area contributed by atoms with Gasteiger partial charge < -0.3 is 14.6 Å². The second-order valence-electron chi connectivity index (χ2n) is 7.49. The maximum atomic E-state index is 12.6. The first-order valence-electron chi connectivity index (χ1n) is 9.45. The summed E-state index contributed by atoms with van der Waals surface area (Å²) in [7, 11) is 1.53. The molecule has 0 fully saturated rings. The summed E-state index contributed by atoms with van der Waals surface area (Å²) in [6.45, 7) is 3.45. The van der Waals surface area contributed by atoms with Gasteiger partial charge in [-0.1, -0.05) is 35.9 Å². The van der Waals surface area contributed by atoms with E-state index in [4.69, 9.17) is 21.1 Å². The molecule has 1 aromatic heterocycles. The summed E-state index contributed by atoms with van der Waals surface area (Å²) in [5.74, 6) is 0.981. The molecule has 156 valence electrons. The van der Waals surface area contributed by atoms with E-state index in [9.17, 15) is 9.90 Å². The van der Waals surface area contributed by atoms with Gasteiger partial charge in [0.15, 0.2) is 11.5 Å². The molecule has 0 saturated heterocycles. The fourth-order valence-corrected chi connectivity index (χ4v) is 2.88. The molecule has 0 radical (unpaired) electrons. The van der Waals surface area contributed by atoms with Gasteiger partial charge >= 0.3 is 0 Å². The van der Waals surface area contributed by atoms with Crippen LogP contribution in [0, 0.1) is 0 Å². The van der Waals surface area contributed by atoms with Gasteiger partial charge in [-0.05, 0) is 55.3 Å². The zero-order chi connectivity index (χ0) is 21.7. The van der Waals surface area contributed by atoms with Crippen LogP contribution in [0.15, 0.2) is 65.6 Å². The first-order valence-corrected chi connectivity index (χ1v) is 9.83. The zero-order valence-electron chi connectivity index (χ0n) is 17.1. The molecule has 3 rings (SSSR count). The van der Waals surface area contributed by atoms with Crippen LogP contribution in [0.25, 0.3) is 17.8 Å². The molecule has 0 amide bonds. The molecule has 0 bridgehead atoms. The SMILES string of the molecule is COc1cc(-n2ccc(/C=C\c3ccc(Cl)cc3)cc2=O)ccc1OCC(C)(C)O. The van der Waals surface area contributed by atoms with Crippen molar-refractivity contribution >= 4 is 23.8 Å². The number of methoxy groups -OCH3 is 1. The molecule has 1 heterocycles. The molecule has 0 aliphatic carbocycles. The lowest BCUT2D eigenvalue weighted by Crippen LogP contribution is -2.28. The van der Waals surface area contributed by atoms with Crippen LogP contribution in [0.2, 0.25) is 5.02 Å². The molecule has 2 aromatic carbocycles. The number of halogens is 1. The van der Waals surface area contributed by atoms with E-state index in [1.807, 2.05) is 42.5 Å². The van der Waals surface area contributed by atoms with Crippen molar-refractivity contribution in [3.8, 4) is 17.2 Å². The van der Waals surface area contributed by atoms with Crippen LogP contribution >= 0.6 is 11.6 Å². The van der Waals surface area contributed by atoms with Crippen molar-refractivity contribution < 1.29 is 14.6 Å². The van der Waals surface area contributed by atoms with Crippen molar-refractivity contribution in [2.24, 2.45) is 0 Å². The molecular weight excluding hydrogens is 402 g/mol. The standard InChI is InChI=1S/C24H24ClNO4/c1-24(2,28)16-30-21-11-10-20(15-22(21)29-3)26-13-12-18(14-23(26)27)5-4-17-6-8-19(25)9-7-17/h4-15,28H,16H2,1-3H3/b5-4-. The van der Waals surface area contributed by atoms with E-state index in [1.54, 1.807) is 44.3 Å². The van der Waals surface area contributed by atoms with E-state index in [1.165, 1.54) is 11.7 Å². The van der Waals surface area contributed by atoms with Crippen molar-refractivity contribution in [1.29, 1.82) is 0 Å². The molecular formula is C24H24ClNO4. The van der Waals surface area contributed by atoms with Gasteiger partial charge in [-0.25, -0.2) is 0 Å². The van der Waals surface area contributed by atoms with Gasteiger partial charge in [-0.2, -0.15) is 0 Å². The molecule has 0 unspecified atom stereocenters. The topological polar surface area (TPSA) is 60.7 Å². The second kappa shape index (κ2) is 9.20. The third kappa shape index (κ3) is 5.75. The minimum Gasteiger partial charge on any atom is -0.493 e. The number of aliphatic hydroxyl groups is 1. The summed E-state index contributed by atoms with van der Waals surface area (Å²) in [6, 6.07) is 16.1. The Morgan fingerprint density at radius 2 is 1.70 bits per heavy atom. The van der Waals surface area contributed by atoms with Gasteiger partial charge in [0.1, 0.15) is 6.61 Å². The maximum absolute atomic E-state index is 12.6. The number of aromatic nitrogens is 1. The minimum absolute atomic E-state index is 0.122. The van der Waals surface area contributed by atoms with E-state index in [0.717, 1.165) is 11.1 Å². The summed E-state index contributed by atoms with van der Waals surface area (Å²) < 4.78 is 12.6. The van der Waals surface area contributed by atoms with Gasteiger partial charge in [0.25, 0.3) is 5.56 Å². The van der Waals surface area contributed by atoms with E-state index in [-0.39, 0.29) is 12.2 Å². The van der Waals surface area contributed by atoms with Crippen LogP contribution in [-0.4, -0.2) is 29.0 Å². The Hall–Kier alpha value is -3.02. The van der Waals surface area contributed by atoms with Crippen molar-refractivity contribution in [3.63, 3.8) is 0 Å². The lowest BCUT2D eigenvalue weighted by molar-refractivity contribution is 0.0276. The average Bonchev–Trinajstić information content (AvgIpc) is 2.71. The molecule has 0 atom stereocenters. The normalized spacial score (nSPS) is 11.6. The van der Waals surface area contributed by atoms with Crippen LogP contribution in [0.5, 0.6) is 11.5 Å². The summed E-state index contributed by atoms with van der Waals surface area (Å²) in [4.78, 5) is 12.6. The minimum atomic E-state index is -0.962. The quantitative estimate of drug-likeness (QED) is 0.589. The van der Waals surface area contributed by atoms with Crippen LogP contribution in [0.4, 0.5) is 0 Å². The Kier molecular flexibility index (Phi) is 6.65. The van der Waals surface area contributed by atoms with Crippen molar-refractivity contribution in [2.75, 3.05) is 13.7 Å². The predicted molar refractivity (Wildman–Crippen MR) is 121 cm³/mol. The van der Waals surface area contributed by atoms with Gasteiger partial charge in [-0.15, -0.1) is 0 Å². The Labute approximate surface area is 180 Å². The number of pyridine rings is 1. The zero-order valence-corrected chi connectivity index (χ0v) is 17.9. The molecule has 5 nitrogen and oxygen atoms in total. The molecule has 0 spiro atoms. The van der Waals surface area contributed by atoms with Gasteiger partial charge in [0, 0.05) is 23.4 Å². The highest BCUT2D eigenvalue weighted by Gasteiger charge is 2.15. The van der Waals surface area contributed by atoms with E-state index in [2.05, 4.69) is 0 Å². The molecule has 3 aromatic rings. The first kappa shape index (κ1) is 21.7. The van der Waals surface area contributed by atoms with Gasteiger partial charge in [-0.3, -0.25) is 9.36 Å². The summed E-state index contributed by atoms with van der Waals surface area (Å²) in [6.07, 6.45) is 5.52. The summed E-state index contributed by atoms with van der Waals surface area (Å²) >= 11 is 5.90. The van der Waals surface area contributed by atoms with Gasteiger partial charge in [0.2, 0.25) is 0 Å². The van der Waals surface area contributed by atoms with E-state index in [0.29, 0.717) is 22.2 Å². The van der Waals surface area contributed by atoms with Crippen LogP contribution < -0.4 is 15.0 Å². The van der Waals surface area contributed by atoms with E-state index < -0.39 is 5.60 Å². The second-order valence-corrected chi connectivity index (χ2v) is 7.93. The predicted octanol–water partition coefficient (Wildman–Crippen LogP) is 4.82. The number of benzene rings is 2. The van der Waals surface area contributed by atoms with E-state index >= 15 is 0 Å². The Bertz CT molecular complexity index is 1100. The van der Waals surface area contributed by atoms with Crippen LogP contribution in [0.3, 0.4) is 0 Å². The fraction of sp³-hybridized carbons (Fsp3) is 0.208. The first-order chi connectivity index (χ1) is 14.2. The Morgan fingerprint density at radius 1 is 1.00 bits per heavy atom. The number of hydrogen-bond donors (Lipinski definition) is 1. The number of rotatable bonds is 7. The largest absolute Gasteiger partial charge is 0.493 e. The van der Waals surface area contributed by atoms with Crippen molar-refractivity contribution in [1.82, 2.24) is 4.57 Å². The Balaban J connectivity index is 1.82. The molecule has 6 heteroatoms. The molecule has 0 saturated carbocycles. The lowest BCUT2D eigenvalue weighted by Gasteiger charge is -2.19.